The average molecular weight is 441 g/mol. The van der Waals surface area contributed by atoms with Gasteiger partial charge in [0.05, 0.1) is 37.5 Å². The molecule has 0 fully saturated rings. The zero-order valence-electron chi connectivity index (χ0n) is 18.5. The van der Waals surface area contributed by atoms with E-state index in [1.807, 2.05) is 47.5 Å². The minimum absolute atomic E-state index is 0.0492. The van der Waals surface area contributed by atoms with Crippen molar-refractivity contribution in [3.05, 3.63) is 76.9 Å². The van der Waals surface area contributed by atoms with Crippen molar-refractivity contribution in [3.63, 3.8) is 0 Å². The SMILES string of the molecule is COc1ccc(N2C(N)=C(C#N)[C@@H](c3ccc4[nH]ccc4c3)C3=C2CCCC3=O)c(OC)c1. The van der Waals surface area contributed by atoms with Gasteiger partial charge in [0.2, 0.25) is 0 Å². The Kier molecular flexibility index (Phi) is 5.06. The van der Waals surface area contributed by atoms with Crippen LogP contribution in [0.1, 0.15) is 30.7 Å². The van der Waals surface area contributed by atoms with Crippen molar-refractivity contribution in [3.8, 4) is 17.6 Å². The summed E-state index contributed by atoms with van der Waals surface area (Å²) in [6.07, 6.45) is 3.73. The number of carbonyl (C=O) groups is 1. The second kappa shape index (κ2) is 8.06. The van der Waals surface area contributed by atoms with E-state index in [2.05, 4.69) is 11.1 Å². The molecule has 1 atom stereocenters. The van der Waals surface area contributed by atoms with E-state index in [1.165, 1.54) is 0 Å². The summed E-state index contributed by atoms with van der Waals surface area (Å²) in [5.41, 5.74) is 11.0. The van der Waals surface area contributed by atoms with Crippen LogP contribution in [0.4, 0.5) is 5.69 Å². The highest BCUT2D eigenvalue weighted by molar-refractivity contribution is 6.01. The number of ether oxygens (including phenoxy) is 2. The van der Waals surface area contributed by atoms with Crippen LogP contribution in [-0.4, -0.2) is 25.0 Å². The molecule has 0 amide bonds. The number of H-pyrrole nitrogens is 1. The Morgan fingerprint density at radius 3 is 2.73 bits per heavy atom. The van der Waals surface area contributed by atoms with Crippen LogP contribution in [0, 0.1) is 11.3 Å². The number of rotatable bonds is 4. The minimum atomic E-state index is -0.502. The Bertz CT molecular complexity index is 1380. The van der Waals surface area contributed by atoms with Gasteiger partial charge in [-0.25, -0.2) is 0 Å². The number of anilines is 1. The number of Topliss-reactive ketones (excluding diaryl/α,β-unsaturated/α-hetero) is 1. The fourth-order valence-electron chi connectivity index (χ4n) is 4.92. The van der Waals surface area contributed by atoms with E-state index in [0.717, 1.165) is 28.6 Å². The van der Waals surface area contributed by atoms with E-state index in [0.29, 0.717) is 47.0 Å². The summed E-state index contributed by atoms with van der Waals surface area (Å²) in [7, 11) is 3.16. The molecular weight excluding hydrogens is 416 g/mol. The van der Waals surface area contributed by atoms with Crippen molar-refractivity contribution in [1.29, 1.82) is 5.26 Å². The lowest BCUT2D eigenvalue weighted by Crippen LogP contribution is -2.38. The Balaban J connectivity index is 1.75. The molecule has 0 saturated heterocycles. The molecule has 166 valence electrons. The van der Waals surface area contributed by atoms with Gasteiger partial charge >= 0.3 is 0 Å². The number of aromatic nitrogens is 1. The van der Waals surface area contributed by atoms with Crippen LogP contribution in [0.5, 0.6) is 11.5 Å². The number of benzene rings is 2. The summed E-state index contributed by atoms with van der Waals surface area (Å²) in [5.74, 6) is 1.05. The molecule has 2 heterocycles. The molecule has 0 bridgehead atoms. The van der Waals surface area contributed by atoms with Crippen LogP contribution in [0.25, 0.3) is 10.9 Å². The first-order chi connectivity index (χ1) is 16.1. The molecule has 3 aromatic rings. The molecule has 1 aliphatic carbocycles. The molecule has 1 aliphatic heterocycles. The van der Waals surface area contributed by atoms with Gasteiger partial charge < -0.3 is 20.2 Å². The number of nitrogens with zero attached hydrogens (tertiary/aromatic N) is 2. The van der Waals surface area contributed by atoms with Crippen molar-refractivity contribution in [2.24, 2.45) is 5.73 Å². The molecule has 33 heavy (non-hydrogen) atoms. The van der Waals surface area contributed by atoms with E-state index in [9.17, 15) is 10.1 Å². The normalized spacial score (nSPS) is 18.4. The lowest BCUT2D eigenvalue weighted by molar-refractivity contribution is -0.116. The molecule has 2 aromatic carbocycles. The number of nitrogens with one attached hydrogen (secondary N) is 1. The maximum absolute atomic E-state index is 13.3. The van der Waals surface area contributed by atoms with Gasteiger partial charge in [0, 0.05) is 35.5 Å². The van der Waals surface area contributed by atoms with Crippen LogP contribution < -0.4 is 20.1 Å². The fraction of sp³-hybridized carbons (Fsp3) is 0.231. The summed E-state index contributed by atoms with van der Waals surface area (Å²) < 4.78 is 11.0. The molecule has 7 heteroatoms. The van der Waals surface area contributed by atoms with Gasteiger partial charge in [0.1, 0.15) is 17.3 Å². The van der Waals surface area contributed by atoms with E-state index >= 15 is 0 Å². The predicted octanol–water partition coefficient (Wildman–Crippen LogP) is 4.49. The quantitative estimate of drug-likeness (QED) is 0.619. The smallest absolute Gasteiger partial charge is 0.161 e. The number of nitrogens with two attached hydrogens (primary N) is 1. The van der Waals surface area contributed by atoms with Crippen molar-refractivity contribution in [2.75, 3.05) is 19.1 Å². The first-order valence-electron chi connectivity index (χ1n) is 10.8. The van der Waals surface area contributed by atoms with Gasteiger partial charge in [-0.2, -0.15) is 5.26 Å². The van der Waals surface area contributed by atoms with Gasteiger partial charge in [-0.3, -0.25) is 9.69 Å². The molecule has 0 saturated carbocycles. The number of nitriles is 1. The summed E-state index contributed by atoms with van der Waals surface area (Å²) in [6, 6.07) is 15.7. The van der Waals surface area contributed by atoms with Crippen molar-refractivity contribution in [2.45, 2.75) is 25.2 Å². The zero-order valence-corrected chi connectivity index (χ0v) is 18.5. The molecule has 5 rings (SSSR count). The number of hydrogen-bond acceptors (Lipinski definition) is 6. The maximum Gasteiger partial charge on any atom is 0.161 e. The lowest BCUT2D eigenvalue weighted by atomic mass is 9.75. The van der Waals surface area contributed by atoms with E-state index in [1.54, 1.807) is 20.3 Å². The third kappa shape index (κ3) is 3.23. The van der Waals surface area contributed by atoms with Gasteiger partial charge in [0.25, 0.3) is 0 Å². The van der Waals surface area contributed by atoms with Crippen LogP contribution in [0.3, 0.4) is 0 Å². The molecule has 0 spiro atoms. The molecule has 7 nitrogen and oxygen atoms in total. The highest BCUT2D eigenvalue weighted by Gasteiger charge is 2.41. The van der Waals surface area contributed by atoms with Crippen LogP contribution in [-0.2, 0) is 4.79 Å². The third-order valence-electron chi connectivity index (χ3n) is 6.45. The number of allylic oxidation sites excluding steroid dienone is 3. The lowest BCUT2D eigenvalue weighted by Gasteiger charge is -2.40. The monoisotopic (exact) mass is 440 g/mol. The van der Waals surface area contributed by atoms with Crippen LogP contribution >= 0.6 is 0 Å². The topological polar surface area (TPSA) is 104 Å². The first-order valence-corrected chi connectivity index (χ1v) is 10.8. The first kappa shape index (κ1) is 20.7. The zero-order chi connectivity index (χ0) is 23.1. The van der Waals surface area contributed by atoms with E-state index in [4.69, 9.17) is 15.2 Å². The van der Waals surface area contributed by atoms with Crippen LogP contribution in [0.15, 0.2) is 71.3 Å². The number of fused-ring (bicyclic) bond motifs is 1. The standard InChI is InChI=1S/C26H24N4O3/c1-32-17-7-9-20(23(13-17)33-2)30-21-4-3-5-22(31)25(21)24(18(14-27)26(30)28)16-6-8-19-15(12-16)10-11-29-19/h6-13,24,29H,3-5,28H2,1-2H3/t24-/m1/s1. The number of methoxy groups -OCH3 is 2. The third-order valence-corrected chi connectivity index (χ3v) is 6.45. The Morgan fingerprint density at radius 2 is 1.97 bits per heavy atom. The summed E-state index contributed by atoms with van der Waals surface area (Å²) in [4.78, 5) is 18.3. The number of ketones is 1. The van der Waals surface area contributed by atoms with Crippen LogP contribution in [0.2, 0.25) is 0 Å². The highest BCUT2D eigenvalue weighted by Crippen LogP contribution is 2.48. The number of aromatic amines is 1. The van der Waals surface area contributed by atoms with Crippen molar-refractivity contribution in [1.82, 2.24) is 4.98 Å². The molecule has 0 unspecified atom stereocenters. The maximum atomic E-state index is 13.3. The largest absolute Gasteiger partial charge is 0.497 e. The molecule has 3 N–H and O–H groups in total. The summed E-state index contributed by atoms with van der Waals surface area (Å²) in [5, 5.41) is 11.2. The number of carbonyl (C=O) groups excluding carboxylic acids is 1. The average Bonchev–Trinajstić information content (AvgIpc) is 3.31. The second-order valence-electron chi connectivity index (χ2n) is 8.18. The molecule has 2 aliphatic rings. The summed E-state index contributed by atoms with van der Waals surface area (Å²) >= 11 is 0. The Morgan fingerprint density at radius 1 is 1.12 bits per heavy atom. The predicted molar refractivity (Wildman–Crippen MR) is 126 cm³/mol. The minimum Gasteiger partial charge on any atom is -0.497 e. The van der Waals surface area contributed by atoms with Gasteiger partial charge in [-0.05, 0) is 54.1 Å². The fourth-order valence-corrected chi connectivity index (χ4v) is 4.92. The molecule has 0 radical (unpaired) electrons. The van der Waals surface area contributed by atoms with Gasteiger partial charge in [-0.1, -0.05) is 6.07 Å². The van der Waals surface area contributed by atoms with E-state index in [-0.39, 0.29) is 5.78 Å². The van der Waals surface area contributed by atoms with E-state index < -0.39 is 5.92 Å². The molecule has 1 aromatic heterocycles. The summed E-state index contributed by atoms with van der Waals surface area (Å²) in [6.45, 7) is 0. The van der Waals surface area contributed by atoms with Crippen molar-refractivity contribution < 1.29 is 14.3 Å². The van der Waals surface area contributed by atoms with Gasteiger partial charge in [-0.15, -0.1) is 0 Å². The Hall–Kier alpha value is -4.18. The Labute approximate surface area is 191 Å². The highest BCUT2D eigenvalue weighted by atomic mass is 16.5. The van der Waals surface area contributed by atoms with Crippen molar-refractivity contribution >= 4 is 22.4 Å². The number of hydrogen-bond donors (Lipinski definition) is 2. The van der Waals surface area contributed by atoms with Gasteiger partial charge in [0.15, 0.2) is 5.78 Å². The molecular formula is C26H24N4O3. The second-order valence-corrected chi connectivity index (χ2v) is 8.18.